The predicted octanol–water partition coefficient (Wildman–Crippen LogP) is 8.22. The molecule has 0 bridgehead atoms. The zero-order chi connectivity index (χ0) is 28.2. The molecule has 3 N–H and O–H groups in total. The standard InChI is InChI=1S/C35H30FN5/c1-3-23(20-37-21-24-9-6-5-7-10-24)17-25(4-2)27-18-31-34(40-41-35(31)38-22-27)33-19-30-29(11-8-12-32(30)39-33)26-13-15-28(36)16-14-26/h3-19,22,37,39H,1,20-21H2,2H3,(H,38,40,41)/b23-17+,25-4+. The van der Waals surface area contributed by atoms with Gasteiger partial charge in [0.2, 0.25) is 0 Å². The summed E-state index contributed by atoms with van der Waals surface area (Å²) >= 11 is 0. The van der Waals surface area contributed by atoms with Gasteiger partial charge in [-0.1, -0.05) is 79.4 Å². The van der Waals surface area contributed by atoms with Gasteiger partial charge >= 0.3 is 0 Å². The summed E-state index contributed by atoms with van der Waals surface area (Å²) in [6.45, 7) is 7.55. The zero-order valence-corrected chi connectivity index (χ0v) is 22.8. The Kier molecular flexibility index (Phi) is 7.39. The fourth-order valence-electron chi connectivity index (χ4n) is 5.10. The maximum atomic E-state index is 13.5. The molecule has 0 saturated heterocycles. The van der Waals surface area contributed by atoms with Gasteiger partial charge in [-0.05, 0) is 65.1 Å². The summed E-state index contributed by atoms with van der Waals surface area (Å²) in [6, 6.07) is 27.3. The second-order valence-corrected chi connectivity index (χ2v) is 9.91. The minimum Gasteiger partial charge on any atom is -0.353 e. The first-order valence-electron chi connectivity index (χ1n) is 13.6. The fourth-order valence-corrected chi connectivity index (χ4v) is 5.10. The summed E-state index contributed by atoms with van der Waals surface area (Å²) in [4.78, 5) is 8.19. The molecule has 3 aromatic carbocycles. The lowest BCUT2D eigenvalue weighted by Crippen LogP contribution is -2.15. The third-order valence-electron chi connectivity index (χ3n) is 7.25. The molecule has 0 radical (unpaired) electrons. The second kappa shape index (κ2) is 11.6. The highest BCUT2D eigenvalue weighted by molar-refractivity contribution is 6.01. The van der Waals surface area contributed by atoms with Gasteiger partial charge in [-0.15, -0.1) is 0 Å². The molecule has 3 heterocycles. The summed E-state index contributed by atoms with van der Waals surface area (Å²) in [7, 11) is 0. The lowest BCUT2D eigenvalue weighted by molar-refractivity contribution is 0.628. The van der Waals surface area contributed by atoms with E-state index < -0.39 is 0 Å². The summed E-state index contributed by atoms with van der Waals surface area (Å²) in [5.74, 6) is -0.248. The van der Waals surface area contributed by atoms with Crippen molar-refractivity contribution in [3.63, 3.8) is 0 Å². The summed E-state index contributed by atoms with van der Waals surface area (Å²) in [6.07, 6.45) is 7.97. The Balaban J connectivity index is 1.30. The highest BCUT2D eigenvalue weighted by Gasteiger charge is 2.15. The number of halogens is 1. The van der Waals surface area contributed by atoms with Crippen molar-refractivity contribution in [3.05, 3.63) is 138 Å². The third kappa shape index (κ3) is 5.51. The van der Waals surface area contributed by atoms with Gasteiger partial charge in [-0.25, -0.2) is 9.37 Å². The van der Waals surface area contributed by atoms with E-state index in [-0.39, 0.29) is 5.82 Å². The van der Waals surface area contributed by atoms with Crippen LogP contribution in [0.15, 0.2) is 122 Å². The number of hydrogen-bond acceptors (Lipinski definition) is 3. The highest BCUT2D eigenvalue weighted by atomic mass is 19.1. The van der Waals surface area contributed by atoms with Crippen LogP contribution < -0.4 is 5.32 Å². The van der Waals surface area contributed by atoms with Crippen LogP contribution in [0.3, 0.4) is 0 Å². The molecule has 202 valence electrons. The summed E-state index contributed by atoms with van der Waals surface area (Å²) in [5.41, 5.74) is 9.78. The van der Waals surface area contributed by atoms with Crippen LogP contribution in [0.4, 0.5) is 4.39 Å². The van der Waals surface area contributed by atoms with Crippen molar-refractivity contribution >= 4 is 27.5 Å². The van der Waals surface area contributed by atoms with Gasteiger partial charge < -0.3 is 10.3 Å². The number of allylic oxidation sites excluding steroid dienone is 3. The predicted molar refractivity (Wildman–Crippen MR) is 167 cm³/mol. The third-order valence-corrected chi connectivity index (χ3v) is 7.25. The molecule has 6 rings (SSSR count). The number of nitrogens with zero attached hydrogens (tertiary/aromatic N) is 2. The van der Waals surface area contributed by atoms with Crippen LogP contribution in [0.5, 0.6) is 0 Å². The van der Waals surface area contributed by atoms with Crippen molar-refractivity contribution in [1.82, 2.24) is 25.5 Å². The number of aromatic amines is 2. The number of rotatable bonds is 9. The van der Waals surface area contributed by atoms with E-state index in [1.54, 1.807) is 12.1 Å². The van der Waals surface area contributed by atoms with Crippen molar-refractivity contribution in [2.45, 2.75) is 13.5 Å². The molecule has 0 aliphatic carbocycles. The average molecular weight is 540 g/mol. The van der Waals surface area contributed by atoms with Crippen LogP contribution in [-0.4, -0.2) is 26.7 Å². The Bertz CT molecular complexity index is 1890. The number of aromatic nitrogens is 4. The van der Waals surface area contributed by atoms with Gasteiger partial charge in [0.15, 0.2) is 5.65 Å². The molecule has 3 aromatic heterocycles. The first-order chi connectivity index (χ1) is 20.1. The highest BCUT2D eigenvalue weighted by Crippen LogP contribution is 2.34. The number of hydrogen-bond donors (Lipinski definition) is 3. The lowest BCUT2D eigenvalue weighted by atomic mass is 10.0. The van der Waals surface area contributed by atoms with Crippen molar-refractivity contribution in [2.24, 2.45) is 0 Å². The number of pyridine rings is 1. The van der Waals surface area contributed by atoms with Crippen LogP contribution in [0, 0.1) is 5.82 Å². The van der Waals surface area contributed by atoms with Gasteiger partial charge in [-0.2, -0.15) is 5.10 Å². The fraction of sp³-hybridized carbons (Fsp3) is 0.0857. The average Bonchev–Trinajstić information content (AvgIpc) is 3.64. The summed E-state index contributed by atoms with van der Waals surface area (Å²) in [5, 5.41) is 13.1. The van der Waals surface area contributed by atoms with Crippen molar-refractivity contribution < 1.29 is 4.39 Å². The molecule has 0 unspecified atom stereocenters. The van der Waals surface area contributed by atoms with Crippen molar-refractivity contribution in [3.8, 4) is 22.5 Å². The molecule has 0 fully saturated rings. The number of benzene rings is 3. The van der Waals surface area contributed by atoms with Crippen LogP contribution in [0.25, 0.3) is 50.0 Å². The number of H-pyrrole nitrogens is 2. The van der Waals surface area contributed by atoms with Crippen molar-refractivity contribution in [1.29, 1.82) is 0 Å². The lowest BCUT2D eigenvalue weighted by Gasteiger charge is -2.08. The van der Waals surface area contributed by atoms with Crippen LogP contribution in [-0.2, 0) is 6.54 Å². The Hall–Kier alpha value is -5.07. The Labute approximate surface area is 238 Å². The monoisotopic (exact) mass is 539 g/mol. The van der Waals surface area contributed by atoms with Gasteiger partial charge in [0.25, 0.3) is 0 Å². The molecule has 6 heteroatoms. The Morgan fingerprint density at radius 2 is 1.80 bits per heavy atom. The molecule has 0 aliphatic rings. The molecule has 0 saturated carbocycles. The van der Waals surface area contributed by atoms with E-state index in [4.69, 9.17) is 0 Å². The zero-order valence-electron chi connectivity index (χ0n) is 22.8. The van der Waals surface area contributed by atoms with Crippen LogP contribution >= 0.6 is 0 Å². The van der Waals surface area contributed by atoms with Crippen LogP contribution in [0.2, 0.25) is 0 Å². The second-order valence-electron chi connectivity index (χ2n) is 9.91. The van der Waals surface area contributed by atoms with E-state index >= 15 is 0 Å². The smallest absolute Gasteiger partial charge is 0.181 e. The first kappa shape index (κ1) is 26.2. The van der Waals surface area contributed by atoms with E-state index in [1.807, 2.05) is 49.5 Å². The molecule has 0 aliphatic heterocycles. The van der Waals surface area contributed by atoms with E-state index in [0.29, 0.717) is 12.2 Å². The molecule has 0 atom stereocenters. The van der Waals surface area contributed by atoms with Crippen LogP contribution in [0.1, 0.15) is 18.1 Å². The first-order valence-corrected chi connectivity index (χ1v) is 13.6. The quantitative estimate of drug-likeness (QED) is 0.162. The minimum absolute atomic E-state index is 0.248. The van der Waals surface area contributed by atoms with Gasteiger partial charge in [0.1, 0.15) is 5.82 Å². The molecule has 5 nitrogen and oxygen atoms in total. The van der Waals surface area contributed by atoms with E-state index in [2.05, 4.69) is 74.5 Å². The van der Waals surface area contributed by atoms with E-state index in [0.717, 1.165) is 62.1 Å². The van der Waals surface area contributed by atoms with Crippen molar-refractivity contribution in [2.75, 3.05) is 6.54 Å². The molecule has 0 spiro atoms. The number of nitrogens with one attached hydrogen (secondary N) is 3. The van der Waals surface area contributed by atoms with Gasteiger partial charge in [-0.3, -0.25) is 5.10 Å². The van der Waals surface area contributed by atoms with E-state index in [9.17, 15) is 4.39 Å². The Morgan fingerprint density at radius 1 is 0.976 bits per heavy atom. The topological polar surface area (TPSA) is 69.4 Å². The minimum atomic E-state index is -0.248. The molecule has 0 amide bonds. The van der Waals surface area contributed by atoms with E-state index in [1.165, 1.54) is 17.7 Å². The summed E-state index contributed by atoms with van der Waals surface area (Å²) < 4.78 is 13.5. The Morgan fingerprint density at radius 3 is 2.59 bits per heavy atom. The maximum absolute atomic E-state index is 13.5. The van der Waals surface area contributed by atoms with Gasteiger partial charge in [0.05, 0.1) is 11.4 Å². The maximum Gasteiger partial charge on any atom is 0.181 e. The molecular weight excluding hydrogens is 509 g/mol. The number of fused-ring (bicyclic) bond motifs is 2. The molecule has 6 aromatic rings. The van der Waals surface area contributed by atoms with Gasteiger partial charge in [0, 0.05) is 41.1 Å². The largest absolute Gasteiger partial charge is 0.353 e. The normalized spacial score (nSPS) is 12.3. The SMILES string of the molecule is C=C/C(=C\C(=C/C)c1cnc2n[nH]c(-c3cc4c(-c5ccc(F)cc5)cccc4[nH]3)c2c1)CNCc1ccccc1. The molecular formula is C35H30FN5. The molecule has 41 heavy (non-hydrogen) atoms.